The quantitative estimate of drug-likeness (QED) is 0.108. The molecule has 3 aliphatic heterocycles. The Balaban J connectivity index is 0.000000267. The minimum absolute atomic E-state index is 0.0984. The number of nitrogens with zero attached hydrogens (tertiary/aromatic N) is 4. The molecule has 4 aliphatic rings. The van der Waals surface area contributed by atoms with E-state index in [0.717, 1.165) is 45.0 Å². The first-order chi connectivity index (χ1) is 28.0. The lowest BCUT2D eigenvalue weighted by Crippen LogP contribution is -2.48. The van der Waals surface area contributed by atoms with Crippen molar-refractivity contribution in [1.29, 1.82) is 0 Å². The number of fused-ring (bicyclic) bond motifs is 1. The van der Waals surface area contributed by atoms with Gasteiger partial charge in [-0.1, -0.05) is 32.3 Å². The molecule has 58 heavy (non-hydrogen) atoms. The maximum atomic E-state index is 15.2. The molecule has 4 heterocycles. The molecule has 3 saturated heterocycles. The van der Waals surface area contributed by atoms with Crippen LogP contribution in [0.15, 0.2) is 65.7 Å². The van der Waals surface area contributed by atoms with E-state index in [2.05, 4.69) is 25.2 Å². The van der Waals surface area contributed by atoms with Crippen molar-refractivity contribution < 1.29 is 32.2 Å². The zero-order valence-corrected chi connectivity index (χ0v) is 33.6. The average molecular weight is 822 g/mol. The average Bonchev–Trinajstić information content (AvgIpc) is 3.63. The third-order valence-electron chi connectivity index (χ3n) is 11.6. The summed E-state index contributed by atoms with van der Waals surface area (Å²) in [5, 5.41) is 5.45. The van der Waals surface area contributed by atoms with Gasteiger partial charge in [0.2, 0.25) is 17.6 Å². The van der Waals surface area contributed by atoms with E-state index >= 15 is 4.39 Å². The van der Waals surface area contributed by atoms with Crippen LogP contribution >= 0.6 is 12.1 Å². The normalized spacial score (nSPS) is 21.1. The van der Waals surface area contributed by atoms with Crippen LogP contribution in [0.4, 0.5) is 24.5 Å². The van der Waals surface area contributed by atoms with Crippen molar-refractivity contribution in [1.82, 2.24) is 24.1 Å². The van der Waals surface area contributed by atoms with Gasteiger partial charge in [0.25, 0.3) is 5.56 Å². The first kappa shape index (κ1) is 41.5. The summed E-state index contributed by atoms with van der Waals surface area (Å²) in [6, 6.07) is 13.2. The molecular weight excluding hydrogens is 772 g/mol. The molecule has 8 rings (SSSR count). The second kappa shape index (κ2) is 18.5. The fraction of sp³-hybridized carbons (Fsp3) is 0.476. The number of benzene rings is 3. The zero-order chi connectivity index (χ0) is 40.8. The van der Waals surface area contributed by atoms with E-state index < -0.39 is 23.4 Å². The molecule has 12 nitrogen and oxygen atoms in total. The molecule has 1 aliphatic carbocycles. The van der Waals surface area contributed by atoms with Crippen molar-refractivity contribution in [2.45, 2.75) is 94.9 Å². The van der Waals surface area contributed by atoms with Crippen molar-refractivity contribution in [2.75, 3.05) is 43.3 Å². The van der Waals surface area contributed by atoms with Gasteiger partial charge in [0.1, 0.15) is 17.6 Å². The highest BCUT2D eigenvalue weighted by Gasteiger charge is 2.44. The topological polar surface area (TPSA) is 130 Å². The molecule has 16 heteroatoms. The summed E-state index contributed by atoms with van der Waals surface area (Å²) in [7, 11) is 1.85. The number of anilines is 2. The number of halogens is 3. The van der Waals surface area contributed by atoms with Gasteiger partial charge in [-0.2, -0.15) is 0 Å². The Morgan fingerprint density at radius 1 is 1.00 bits per heavy atom. The molecule has 1 spiro atoms. The molecule has 0 bridgehead atoms. The van der Waals surface area contributed by atoms with Gasteiger partial charge in [-0.25, -0.2) is 22.5 Å². The smallest absolute Gasteiger partial charge is 0.261 e. The number of aromatic nitrogens is 2. The van der Waals surface area contributed by atoms with Crippen LogP contribution in [0.1, 0.15) is 77.2 Å². The fourth-order valence-corrected chi connectivity index (χ4v) is 8.69. The highest BCUT2D eigenvalue weighted by Crippen LogP contribution is 2.42. The van der Waals surface area contributed by atoms with Crippen molar-refractivity contribution >= 4 is 46.2 Å². The lowest BCUT2D eigenvalue weighted by atomic mass is 9.85. The SMILES string of the molecule is CCN(C)SNc1ccc(F)c(Oc2ccc3ncn(C4COC5(CCN(C6CCCCC6)CC5)C4)c(=O)c3c2)c1F.O=C1CCC(Nc2cccc(F)c2)C(=O)N1. The number of rotatable bonds is 10. The summed E-state index contributed by atoms with van der Waals surface area (Å²) in [6.45, 7) is 5.25. The van der Waals surface area contributed by atoms with Crippen molar-refractivity contribution in [3.05, 3.63) is 88.7 Å². The van der Waals surface area contributed by atoms with Crippen LogP contribution < -0.4 is 25.7 Å². The number of carbonyl (C=O) groups excluding carboxylic acids is 2. The first-order valence-corrected chi connectivity index (χ1v) is 20.8. The number of imide groups is 1. The van der Waals surface area contributed by atoms with Crippen molar-refractivity contribution in [3.8, 4) is 11.5 Å². The summed E-state index contributed by atoms with van der Waals surface area (Å²) in [5.41, 5.74) is 0.711. The summed E-state index contributed by atoms with van der Waals surface area (Å²) in [5.74, 6) is -3.05. The van der Waals surface area contributed by atoms with E-state index in [-0.39, 0.29) is 46.3 Å². The third-order valence-corrected chi connectivity index (χ3v) is 12.4. The maximum absolute atomic E-state index is 15.2. The fourth-order valence-electron chi connectivity index (χ4n) is 8.15. The number of hydrogen-bond donors (Lipinski definition) is 3. The lowest BCUT2D eigenvalue weighted by molar-refractivity contribution is -0.133. The second-order valence-electron chi connectivity index (χ2n) is 15.5. The highest BCUT2D eigenvalue weighted by molar-refractivity contribution is 7.98. The molecule has 2 amide bonds. The molecule has 1 saturated carbocycles. The standard InChI is InChI=1S/C31H39F2N5O3S.C11H11FN2O2/c1-3-36(2)42-35-27-12-10-25(32)29(28(27)33)41-23-9-11-26-24(17-23)30(39)38(20-34-26)22-18-31(40-19-22)13-15-37(16-14-31)21-7-5-4-6-8-21;12-7-2-1-3-8(6-7)13-9-4-5-10(15)14-11(9)16/h9-12,17,20-22,35H,3-8,13-16,18-19H2,1-2H3;1-3,6,9,13H,4-5H2,(H,14,15,16). The van der Waals surface area contributed by atoms with E-state index in [1.165, 1.54) is 68.5 Å². The molecule has 4 aromatic rings. The number of hydrogen-bond acceptors (Lipinski definition) is 11. The van der Waals surface area contributed by atoms with Crippen molar-refractivity contribution in [2.24, 2.45) is 0 Å². The maximum Gasteiger partial charge on any atom is 0.261 e. The Morgan fingerprint density at radius 2 is 1.79 bits per heavy atom. The molecule has 310 valence electrons. The Hall–Kier alpha value is -4.64. The van der Waals surface area contributed by atoms with Crippen LogP contribution in [0.2, 0.25) is 0 Å². The lowest BCUT2D eigenvalue weighted by Gasteiger charge is -2.43. The van der Waals surface area contributed by atoms with Crippen LogP contribution in [0.25, 0.3) is 10.9 Å². The number of piperidine rings is 2. The first-order valence-electron chi connectivity index (χ1n) is 20.1. The van der Waals surface area contributed by atoms with Crippen LogP contribution in [0.5, 0.6) is 11.5 Å². The molecule has 4 fully saturated rings. The molecular formula is C42H50F3N7O5S. The summed E-state index contributed by atoms with van der Waals surface area (Å²) < 4.78 is 61.2. The molecule has 2 atom stereocenters. The van der Waals surface area contributed by atoms with Gasteiger partial charge in [-0.3, -0.25) is 24.3 Å². The number of carbonyl (C=O) groups is 2. The summed E-state index contributed by atoms with van der Waals surface area (Å²) >= 11 is 1.20. The van der Waals surface area contributed by atoms with E-state index in [4.69, 9.17) is 9.47 Å². The molecule has 1 aromatic heterocycles. The summed E-state index contributed by atoms with van der Waals surface area (Å²) in [6.07, 6.45) is 11.7. The van der Waals surface area contributed by atoms with Gasteiger partial charge >= 0.3 is 0 Å². The van der Waals surface area contributed by atoms with Crippen LogP contribution in [-0.4, -0.2) is 81.5 Å². The highest BCUT2D eigenvalue weighted by atomic mass is 32.2. The summed E-state index contributed by atoms with van der Waals surface area (Å²) in [4.78, 5) is 43.1. The third kappa shape index (κ3) is 9.79. The number of nitrogens with one attached hydrogen (secondary N) is 3. The number of ether oxygens (including phenoxy) is 2. The Labute approximate surface area is 340 Å². The Morgan fingerprint density at radius 3 is 2.53 bits per heavy atom. The van der Waals surface area contributed by atoms with E-state index in [0.29, 0.717) is 42.1 Å². The number of amides is 2. The molecule has 0 radical (unpaired) electrons. The van der Waals surface area contributed by atoms with E-state index in [1.54, 1.807) is 35.2 Å². The van der Waals surface area contributed by atoms with Gasteiger partial charge in [-0.05, 0) is 94.1 Å². The van der Waals surface area contributed by atoms with Gasteiger partial charge < -0.3 is 24.4 Å². The minimum atomic E-state index is -0.848. The molecule has 2 unspecified atom stereocenters. The molecule has 3 N–H and O–H groups in total. The van der Waals surface area contributed by atoms with Gasteiger partial charge in [-0.15, -0.1) is 0 Å². The minimum Gasteiger partial charge on any atom is -0.451 e. The second-order valence-corrected chi connectivity index (χ2v) is 16.5. The van der Waals surface area contributed by atoms with Gasteiger partial charge in [0.15, 0.2) is 11.6 Å². The predicted octanol–water partition coefficient (Wildman–Crippen LogP) is 7.57. The zero-order valence-electron chi connectivity index (χ0n) is 32.8. The van der Waals surface area contributed by atoms with Gasteiger partial charge in [0.05, 0.1) is 41.2 Å². The van der Waals surface area contributed by atoms with Crippen LogP contribution in [0.3, 0.4) is 0 Å². The predicted molar refractivity (Wildman–Crippen MR) is 218 cm³/mol. The van der Waals surface area contributed by atoms with E-state index in [9.17, 15) is 23.2 Å². The number of likely N-dealkylation sites (tertiary alicyclic amines) is 1. The van der Waals surface area contributed by atoms with Crippen molar-refractivity contribution in [3.63, 3.8) is 0 Å². The molecule has 3 aromatic carbocycles. The van der Waals surface area contributed by atoms with Gasteiger partial charge in [0, 0.05) is 49.9 Å². The monoisotopic (exact) mass is 821 g/mol. The van der Waals surface area contributed by atoms with Crippen LogP contribution in [-0.2, 0) is 14.3 Å². The van der Waals surface area contributed by atoms with E-state index in [1.807, 2.05) is 18.3 Å². The van der Waals surface area contributed by atoms with Crippen LogP contribution in [0, 0.1) is 17.5 Å². The Kier molecular flexibility index (Phi) is 13.3. The Bertz CT molecular complexity index is 2160. The largest absolute Gasteiger partial charge is 0.451 e.